The maximum atomic E-state index is 12.5. The van der Waals surface area contributed by atoms with Crippen molar-refractivity contribution < 1.29 is 19.4 Å². The summed E-state index contributed by atoms with van der Waals surface area (Å²) in [6.45, 7) is 9.20. The van der Waals surface area contributed by atoms with Gasteiger partial charge in [-0.1, -0.05) is 6.07 Å². The number of rotatable bonds is 2. The molecule has 1 saturated heterocycles. The molecule has 2 atom stereocenters. The number of nitrogens with zero attached hydrogens (tertiary/aromatic N) is 2. The topological polar surface area (TPSA) is 71.9 Å². The van der Waals surface area contributed by atoms with Gasteiger partial charge in [0.2, 0.25) is 0 Å². The van der Waals surface area contributed by atoms with Gasteiger partial charge >= 0.3 is 6.09 Å². The lowest BCUT2D eigenvalue weighted by Crippen LogP contribution is -2.51. The highest BCUT2D eigenvalue weighted by molar-refractivity contribution is 5.70. The minimum Gasteiger partial charge on any atom is -0.444 e. The molecule has 122 valence electrons. The third-order valence-electron chi connectivity index (χ3n) is 3.46. The summed E-state index contributed by atoms with van der Waals surface area (Å²) < 4.78 is 11.1. The Morgan fingerprint density at radius 3 is 2.73 bits per heavy atom. The molecule has 1 aromatic heterocycles. The van der Waals surface area contributed by atoms with Crippen LogP contribution in [0.25, 0.3) is 0 Å². The number of aliphatic hydroxyl groups is 1. The molecular formula is C16H24N2O4. The molecule has 0 spiro atoms. The van der Waals surface area contributed by atoms with Crippen LogP contribution in [-0.4, -0.2) is 45.1 Å². The van der Waals surface area contributed by atoms with E-state index in [1.54, 1.807) is 59.0 Å². The van der Waals surface area contributed by atoms with Gasteiger partial charge in [0.05, 0.1) is 18.3 Å². The highest BCUT2D eigenvalue weighted by Gasteiger charge is 2.48. The first-order valence-electron chi connectivity index (χ1n) is 7.37. The van der Waals surface area contributed by atoms with Gasteiger partial charge in [0, 0.05) is 6.20 Å². The summed E-state index contributed by atoms with van der Waals surface area (Å²) in [4.78, 5) is 18.1. The van der Waals surface area contributed by atoms with Gasteiger partial charge in [-0.25, -0.2) is 4.79 Å². The molecular weight excluding hydrogens is 284 g/mol. The fraction of sp³-hybridized carbons (Fsp3) is 0.625. The van der Waals surface area contributed by atoms with E-state index >= 15 is 0 Å². The Bertz CT molecular complexity index is 525. The van der Waals surface area contributed by atoms with Crippen molar-refractivity contribution in [1.29, 1.82) is 0 Å². The summed E-state index contributed by atoms with van der Waals surface area (Å²) in [5, 5.41) is 10.6. The fourth-order valence-corrected chi connectivity index (χ4v) is 2.48. The van der Waals surface area contributed by atoms with Crippen molar-refractivity contribution >= 4 is 6.09 Å². The molecule has 22 heavy (non-hydrogen) atoms. The summed E-state index contributed by atoms with van der Waals surface area (Å²) >= 11 is 0. The predicted octanol–water partition coefficient (Wildman–Crippen LogP) is 2.49. The molecule has 0 radical (unpaired) electrons. The van der Waals surface area contributed by atoms with E-state index in [4.69, 9.17) is 9.47 Å². The van der Waals surface area contributed by atoms with Crippen LogP contribution < -0.4 is 0 Å². The summed E-state index contributed by atoms with van der Waals surface area (Å²) in [6, 6.07) is 4.75. The van der Waals surface area contributed by atoms with E-state index in [1.165, 1.54) is 4.90 Å². The lowest BCUT2D eigenvalue weighted by atomic mass is 10.1. The van der Waals surface area contributed by atoms with Crippen LogP contribution in [0.3, 0.4) is 0 Å². The van der Waals surface area contributed by atoms with E-state index in [2.05, 4.69) is 4.98 Å². The molecule has 1 amide bonds. The number of amides is 1. The lowest BCUT2D eigenvalue weighted by Gasteiger charge is -2.36. The molecule has 2 heterocycles. The number of aromatic nitrogens is 1. The molecule has 1 fully saturated rings. The number of aliphatic hydroxyl groups excluding tert-OH is 1. The summed E-state index contributed by atoms with van der Waals surface area (Å²) in [5.74, 6) is 0. The molecule has 0 saturated carbocycles. The second-order valence-electron chi connectivity index (χ2n) is 6.87. The van der Waals surface area contributed by atoms with E-state index < -0.39 is 29.6 Å². The minimum atomic E-state index is -0.935. The van der Waals surface area contributed by atoms with Crippen molar-refractivity contribution in [3.63, 3.8) is 0 Å². The Kier molecular flexibility index (Phi) is 4.44. The molecule has 1 aliphatic rings. The number of carbonyl (C=O) groups excluding carboxylic acids is 1. The highest BCUT2D eigenvalue weighted by atomic mass is 16.6. The maximum Gasteiger partial charge on any atom is 0.413 e. The van der Waals surface area contributed by atoms with Gasteiger partial charge < -0.3 is 14.6 Å². The predicted molar refractivity (Wildman–Crippen MR) is 81.1 cm³/mol. The molecule has 6 heteroatoms. The number of ether oxygens (including phenoxy) is 2. The second kappa shape index (κ2) is 5.85. The molecule has 0 bridgehead atoms. The van der Waals surface area contributed by atoms with Gasteiger partial charge in [-0.05, 0) is 46.8 Å². The average Bonchev–Trinajstić information content (AvgIpc) is 2.72. The SMILES string of the molecule is CC(C)(C)OC(=O)N1[C@H]([C@H](O)c2ccccn2)COC1(C)C. The first kappa shape index (κ1) is 16.7. The first-order chi connectivity index (χ1) is 10.1. The van der Waals surface area contributed by atoms with Crippen molar-refractivity contribution in [3.05, 3.63) is 30.1 Å². The molecule has 1 aliphatic heterocycles. The molecule has 6 nitrogen and oxygen atoms in total. The van der Waals surface area contributed by atoms with Crippen LogP contribution in [0.15, 0.2) is 24.4 Å². The van der Waals surface area contributed by atoms with Crippen molar-refractivity contribution in [3.8, 4) is 0 Å². The number of pyridine rings is 1. The van der Waals surface area contributed by atoms with Crippen molar-refractivity contribution in [2.45, 2.75) is 58.1 Å². The van der Waals surface area contributed by atoms with Crippen LogP contribution in [-0.2, 0) is 9.47 Å². The van der Waals surface area contributed by atoms with Crippen molar-refractivity contribution in [2.24, 2.45) is 0 Å². The zero-order chi connectivity index (χ0) is 16.5. The van der Waals surface area contributed by atoms with Gasteiger partial charge in [0.1, 0.15) is 17.4 Å². The number of carbonyl (C=O) groups is 1. The van der Waals surface area contributed by atoms with Crippen LogP contribution in [0.5, 0.6) is 0 Å². The standard InChI is InChI=1S/C16H24N2O4/c1-15(2,3)22-14(20)18-12(10-21-16(18,4)5)13(19)11-8-6-7-9-17-11/h6-9,12-13,19H,10H2,1-5H3/t12-,13+/m0/s1. The average molecular weight is 308 g/mol. The molecule has 0 unspecified atom stereocenters. The Morgan fingerprint density at radius 2 is 2.18 bits per heavy atom. The third-order valence-corrected chi connectivity index (χ3v) is 3.46. The first-order valence-corrected chi connectivity index (χ1v) is 7.37. The largest absolute Gasteiger partial charge is 0.444 e. The quantitative estimate of drug-likeness (QED) is 0.909. The minimum absolute atomic E-state index is 0.226. The van der Waals surface area contributed by atoms with Crippen LogP contribution in [0.4, 0.5) is 4.79 Å². The zero-order valence-corrected chi connectivity index (χ0v) is 13.7. The second-order valence-corrected chi connectivity index (χ2v) is 6.87. The molecule has 2 rings (SSSR count). The zero-order valence-electron chi connectivity index (χ0n) is 13.7. The van der Waals surface area contributed by atoms with E-state index in [0.29, 0.717) is 5.69 Å². The Balaban J connectivity index is 2.25. The Hall–Kier alpha value is -1.66. The number of hydrogen-bond donors (Lipinski definition) is 1. The summed E-state index contributed by atoms with van der Waals surface area (Å²) in [7, 11) is 0. The third kappa shape index (κ3) is 3.56. The van der Waals surface area contributed by atoms with Crippen LogP contribution in [0.2, 0.25) is 0 Å². The highest BCUT2D eigenvalue weighted by Crippen LogP contribution is 2.34. The van der Waals surface area contributed by atoms with Crippen LogP contribution in [0.1, 0.15) is 46.4 Å². The molecule has 0 aromatic carbocycles. The summed E-state index contributed by atoms with van der Waals surface area (Å²) in [5.41, 5.74) is -0.957. The van der Waals surface area contributed by atoms with Gasteiger partial charge in [-0.2, -0.15) is 0 Å². The van der Waals surface area contributed by atoms with Gasteiger partial charge in [0.15, 0.2) is 0 Å². The van der Waals surface area contributed by atoms with Gasteiger partial charge in [0.25, 0.3) is 0 Å². The van der Waals surface area contributed by atoms with E-state index in [1.807, 2.05) is 0 Å². The van der Waals surface area contributed by atoms with Crippen LogP contribution >= 0.6 is 0 Å². The van der Waals surface area contributed by atoms with E-state index in [0.717, 1.165) is 0 Å². The normalized spacial score (nSPS) is 22.5. The van der Waals surface area contributed by atoms with Crippen molar-refractivity contribution in [2.75, 3.05) is 6.61 Å². The summed E-state index contributed by atoms with van der Waals surface area (Å²) in [6.07, 6.45) is 0.169. The number of hydrogen-bond acceptors (Lipinski definition) is 5. The van der Waals surface area contributed by atoms with E-state index in [9.17, 15) is 9.90 Å². The molecule has 0 aliphatic carbocycles. The molecule has 1 aromatic rings. The van der Waals surface area contributed by atoms with E-state index in [-0.39, 0.29) is 6.61 Å². The van der Waals surface area contributed by atoms with Gasteiger partial charge in [-0.3, -0.25) is 9.88 Å². The molecule has 1 N–H and O–H groups in total. The lowest BCUT2D eigenvalue weighted by molar-refractivity contribution is -0.0681. The van der Waals surface area contributed by atoms with Crippen molar-refractivity contribution in [1.82, 2.24) is 9.88 Å². The Morgan fingerprint density at radius 1 is 1.50 bits per heavy atom. The Labute approximate surface area is 131 Å². The fourth-order valence-electron chi connectivity index (χ4n) is 2.48. The monoisotopic (exact) mass is 308 g/mol. The maximum absolute atomic E-state index is 12.5. The van der Waals surface area contributed by atoms with Crippen LogP contribution in [0, 0.1) is 0 Å². The van der Waals surface area contributed by atoms with Gasteiger partial charge in [-0.15, -0.1) is 0 Å². The smallest absolute Gasteiger partial charge is 0.413 e.